The highest BCUT2D eigenvalue weighted by Gasteiger charge is 2.18. The van der Waals surface area contributed by atoms with Gasteiger partial charge in [-0.25, -0.2) is 4.68 Å². The van der Waals surface area contributed by atoms with Gasteiger partial charge >= 0.3 is 0 Å². The van der Waals surface area contributed by atoms with E-state index in [1.54, 1.807) is 6.92 Å². The first kappa shape index (κ1) is 22.5. The molecule has 2 aromatic carbocycles. The van der Waals surface area contributed by atoms with Gasteiger partial charge in [-0.2, -0.15) is 5.10 Å². The summed E-state index contributed by atoms with van der Waals surface area (Å²) in [6.45, 7) is 7.98. The highest BCUT2D eigenvalue weighted by molar-refractivity contribution is 5.94. The van der Waals surface area contributed by atoms with Crippen LogP contribution in [0, 0.1) is 6.92 Å². The fraction of sp³-hybridized carbons (Fsp3) is 0.308. The average Bonchev–Trinajstić information content (AvgIpc) is 3.45. The molecule has 0 spiro atoms. The standard InChI is InChI=1S/C26H29N5O2/c1-17(2)24-16-23(26-29-28-19(4)33-26)30-31(24)22-12-8-11-21(15-22)25(32)27-18(3)13-14-20-9-6-5-7-10-20/h5-12,15-18H,13-14H2,1-4H3,(H,27,32). The molecule has 1 amide bonds. The van der Waals surface area contributed by atoms with Crippen LogP contribution < -0.4 is 5.32 Å². The number of rotatable bonds is 8. The molecule has 0 bridgehead atoms. The highest BCUT2D eigenvalue weighted by atomic mass is 16.4. The van der Waals surface area contributed by atoms with Gasteiger partial charge in [0.1, 0.15) is 5.69 Å². The number of benzene rings is 2. The van der Waals surface area contributed by atoms with Crippen molar-refractivity contribution in [2.45, 2.75) is 52.5 Å². The quantitative estimate of drug-likeness (QED) is 0.409. The molecule has 0 saturated heterocycles. The molecule has 1 N–H and O–H groups in total. The van der Waals surface area contributed by atoms with Gasteiger partial charge in [-0.3, -0.25) is 4.79 Å². The summed E-state index contributed by atoms with van der Waals surface area (Å²) in [5.41, 5.74) is 4.29. The van der Waals surface area contributed by atoms with Crippen molar-refractivity contribution in [1.82, 2.24) is 25.3 Å². The topological polar surface area (TPSA) is 85.8 Å². The maximum atomic E-state index is 12.9. The zero-order chi connectivity index (χ0) is 23.4. The molecule has 170 valence electrons. The lowest BCUT2D eigenvalue weighted by molar-refractivity contribution is 0.0938. The monoisotopic (exact) mass is 443 g/mol. The summed E-state index contributed by atoms with van der Waals surface area (Å²) in [5, 5.41) is 15.8. The number of amides is 1. The molecule has 0 aliphatic heterocycles. The van der Waals surface area contributed by atoms with Crippen LogP contribution in [0.3, 0.4) is 0 Å². The van der Waals surface area contributed by atoms with Crippen LogP contribution in [0.1, 0.15) is 60.6 Å². The minimum atomic E-state index is -0.0941. The largest absolute Gasteiger partial charge is 0.420 e. The predicted octanol–water partition coefficient (Wildman–Crippen LogP) is 5.11. The van der Waals surface area contributed by atoms with Gasteiger partial charge in [0.25, 0.3) is 11.8 Å². The molecule has 33 heavy (non-hydrogen) atoms. The maximum Gasteiger partial charge on any atom is 0.268 e. The number of hydrogen-bond donors (Lipinski definition) is 1. The Bertz CT molecular complexity index is 1230. The van der Waals surface area contributed by atoms with Gasteiger partial charge < -0.3 is 9.73 Å². The van der Waals surface area contributed by atoms with Gasteiger partial charge in [0.05, 0.1) is 5.69 Å². The molecule has 4 rings (SSSR count). The van der Waals surface area contributed by atoms with E-state index in [1.807, 2.05) is 60.1 Å². The lowest BCUT2D eigenvalue weighted by atomic mass is 10.1. The van der Waals surface area contributed by atoms with Gasteiger partial charge in [0.15, 0.2) is 0 Å². The van der Waals surface area contributed by atoms with Crippen LogP contribution in [0.4, 0.5) is 0 Å². The van der Waals surface area contributed by atoms with Crippen molar-refractivity contribution in [3.63, 3.8) is 0 Å². The second-order valence-corrected chi connectivity index (χ2v) is 8.60. The van der Waals surface area contributed by atoms with Crippen molar-refractivity contribution in [2.75, 3.05) is 0 Å². The molecule has 1 unspecified atom stereocenters. The van der Waals surface area contributed by atoms with Crippen LogP contribution in [-0.2, 0) is 6.42 Å². The zero-order valence-electron chi connectivity index (χ0n) is 19.4. The summed E-state index contributed by atoms with van der Waals surface area (Å²) in [6.07, 6.45) is 1.80. The Morgan fingerprint density at radius 2 is 1.82 bits per heavy atom. The van der Waals surface area contributed by atoms with Crippen LogP contribution in [0.2, 0.25) is 0 Å². The predicted molar refractivity (Wildman–Crippen MR) is 127 cm³/mol. The van der Waals surface area contributed by atoms with Crippen LogP contribution in [0.5, 0.6) is 0 Å². The number of carbonyl (C=O) groups excluding carboxylic acids is 1. The number of hydrogen-bond acceptors (Lipinski definition) is 5. The fourth-order valence-corrected chi connectivity index (χ4v) is 3.70. The van der Waals surface area contributed by atoms with E-state index in [4.69, 9.17) is 9.52 Å². The van der Waals surface area contributed by atoms with E-state index >= 15 is 0 Å². The third kappa shape index (κ3) is 5.37. The van der Waals surface area contributed by atoms with Gasteiger partial charge in [-0.05, 0) is 55.5 Å². The van der Waals surface area contributed by atoms with Crippen molar-refractivity contribution >= 4 is 5.91 Å². The molecule has 4 aromatic rings. The van der Waals surface area contributed by atoms with Crippen LogP contribution in [0.15, 0.2) is 65.1 Å². The molecule has 0 fully saturated rings. The summed E-state index contributed by atoms with van der Waals surface area (Å²) in [5.74, 6) is 0.995. The molecule has 7 heteroatoms. The molecule has 7 nitrogen and oxygen atoms in total. The molecule has 0 radical (unpaired) electrons. The molecule has 2 heterocycles. The summed E-state index contributed by atoms with van der Waals surface area (Å²) < 4.78 is 7.39. The second kappa shape index (κ2) is 9.81. The minimum Gasteiger partial charge on any atom is -0.420 e. The van der Waals surface area contributed by atoms with E-state index in [2.05, 4.69) is 41.5 Å². The van der Waals surface area contributed by atoms with E-state index in [0.717, 1.165) is 24.2 Å². The summed E-state index contributed by atoms with van der Waals surface area (Å²) in [4.78, 5) is 12.9. The molecule has 0 saturated carbocycles. The number of aromatic nitrogens is 4. The first-order chi connectivity index (χ1) is 15.9. The normalized spacial score (nSPS) is 12.2. The van der Waals surface area contributed by atoms with Crippen molar-refractivity contribution < 1.29 is 9.21 Å². The molecule has 0 aliphatic rings. The highest BCUT2D eigenvalue weighted by Crippen LogP contribution is 2.26. The molecule has 2 aromatic heterocycles. The number of carbonyl (C=O) groups is 1. The first-order valence-electron chi connectivity index (χ1n) is 11.3. The Hall–Kier alpha value is -3.74. The van der Waals surface area contributed by atoms with E-state index in [0.29, 0.717) is 23.0 Å². The van der Waals surface area contributed by atoms with E-state index < -0.39 is 0 Å². The third-order valence-electron chi connectivity index (χ3n) is 5.51. The van der Waals surface area contributed by atoms with E-state index in [9.17, 15) is 4.79 Å². The van der Waals surface area contributed by atoms with Crippen LogP contribution in [-0.4, -0.2) is 31.9 Å². The first-order valence-corrected chi connectivity index (χ1v) is 11.3. The Labute approximate surface area is 193 Å². The van der Waals surface area contributed by atoms with Crippen molar-refractivity contribution in [1.29, 1.82) is 0 Å². The van der Waals surface area contributed by atoms with E-state index in [-0.39, 0.29) is 17.9 Å². The van der Waals surface area contributed by atoms with Gasteiger partial charge in [0.2, 0.25) is 5.89 Å². The van der Waals surface area contributed by atoms with Gasteiger partial charge in [0, 0.05) is 24.2 Å². The summed E-state index contributed by atoms with van der Waals surface area (Å²) >= 11 is 0. The summed E-state index contributed by atoms with van der Waals surface area (Å²) in [6, 6.07) is 19.8. The Kier molecular flexibility index (Phi) is 6.68. The number of nitrogens with zero attached hydrogens (tertiary/aromatic N) is 4. The van der Waals surface area contributed by atoms with Crippen LogP contribution in [0.25, 0.3) is 17.3 Å². The molecule has 0 aliphatic carbocycles. The summed E-state index contributed by atoms with van der Waals surface area (Å²) in [7, 11) is 0. The van der Waals surface area contributed by atoms with E-state index in [1.165, 1.54) is 5.56 Å². The Morgan fingerprint density at radius 3 is 2.52 bits per heavy atom. The van der Waals surface area contributed by atoms with Crippen LogP contribution >= 0.6 is 0 Å². The smallest absolute Gasteiger partial charge is 0.268 e. The maximum absolute atomic E-state index is 12.9. The van der Waals surface area contributed by atoms with Crippen molar-refractivity contribution in [2.24, 2.45) is 0 Å². The van der Waals surface area contributed by atoms with Crippen molar-refractivity contribution in [3.05, 3.63) is 83.4 Å². The minimum absolute atomic E-state index is 0.0599. The lowest BCUT2D eigenvalue weighted by Crippen LogP contribution is -2.33. The third-order valence-corrected chi connectivity index (χ3v) is 5.51. The fourth-order valence-electron chi connectivity index (χ4n) is 3.70. The molecular formula is C26H29N5O2. The van der Waals surface area contributed by atoms with Gasteiger partial charge in [-0.15, -0.1) is 10.2 Å². The number of aryl methyl sites for hydroxylation is 2. The lowest BCUT2D eigenvalue weighted by Gasteiger charge is -2.15. The molecule has 1 atom stereocenters. The van der Waals surface area contributed by atoms with Gasteiger partial charge in [-0.1, -0.05) is 50.2 Å². The SMILES string of the molecule is Cc1nnc(-c2cc(C(C)C)n(-c3cccc(C(=O)NC(C)CCc4ccccc4)c3)n2)o1. The zero-order valence-corrected chi connectivity index (χ0v) is 19.4. The number of nitrogens with one attached hydrogen (secondary N) is 1. The Morgan fingerprint density at radius 1 is 1.03 bits per heavy atom. The Balaban J connectivity index is 1.51. The average molecular weight is 444 g/mol. The molecular weight excluding hydrogens is 414 g/mol. The van der Waals surface area contributed by atoms with Crippen molar-refractivity contribution in [3.8, 4) is 17.3 Å². The second-order valence-electron chi connectivity index (χ2n) is 8.60.